The molecular weight excluding hydrogens is 282 g/mol. The summed E-state index contributed by atoms with van der Waals surface area (Å²) in [6, 6.07) is 9.39. The molecule has 1 N–H and O–H groups in total. The van der Waals surface area contributed by atoms with Gasteiger partial charge in [0.1, 0.15) is 5.75 Å². The summed E-state index contributed by atoms with van der Waals surface area (Å²) < 4.78 is 5.93. The standard InChI is InChI=1S/C17H21NO4/c1-12-11-18(10-7-14(12)15(19)20)16(21)17(8-9-17)22-13-5-3-2-4-6-13/h2-6,12,14H,7-11H2,1H3,(H,19,20). The van der Waals surface area contributed by atoms with Crippen molar-refractivity contribution >= 4 is 11.9 Å². The second-order valence-electron chi connectivity index (χ2n) is 6.37. The summed E-state index contributed by atoms with van der Waals surface area (Å²) in [4.78, 5) is 25.7. The molecule has 0 aromatic heterocycles. The van der Waals surface area contributed by atoms with Gasteiger partial charge in [-0.25, -0.2) is 0 Å². The zero-order chi connectivity index (χ0) is 15.7. The number of para-hydroxylation sites is 1. The van der Waals surface area contributed by atoms with Crippen molar-refractivity contribution in [2.45, 2.75) is 31.8 Å². The van der Waals surface area contributed by atoms with E-state index in [4.69, 9.17) is 4.74 Å². The van der Waals surface area contributed by atoms with Crippen molar-refractivity contribution in [3.05, 3.63) is 30.3 Å². The van der Waals surface area contributed by atoms with E-state index in [0.29, 0.717) is 25.3 Å². The molecule has 1 aliphatic heterocycles. The van der Waals surface area contributed by atoms with Crippen LogP contribution in [0.5, 0.6) is 5.75 Å². The number of ether oxygens (including phenoxy) is 1. The average molecular weight is 303 g/mol. The van der Waals surface area contributed by atoms with E-state index in [-0.39, 0.29) is 17.7 Å². The number of aliphatic carboxylic acids is 1. The Morgan fingerprint density at radius 2 is 1.95 bits per heavy atom. The molecule has 5 heteroatoms. The van der Waals surface area contributed by atoms with Gasteiger partial charge in [0.25, 0.3) is 5.91 Å². The maximum absolute atomic E-state index is 12.8. The van der Waals surface area contributed by atoms with E-state index in [9.17, 15) is 14.7 Å². The number of carbonyl (C=O) groups excluding carboxylic acids is 1. The number of hydrogen-bond acceptors (Lipinski definition) is 3. The van der Waals surface area contributed by atoms with Crippen LogP contribution in [0.4, 0.5) is 0 Å². The molecule has 2 fully saturated rings. The number of rotatable bonds is 4. The topological polar surface area (TPSA) is 66.8 Å². The lowest BCUT2D eigenvalue weighted by atomic mass is 9.87. The van der Waals surface area contributed by atoms with E-state index in [1.807, 2.05) is 37.3 Å². The lowest BCUT2D eigenvalue weighted by Crippen LogP contribution is -2.50. The van der Waals surface area contributed by atoms with E-state index < -0.39 is 11.6 Å². The quantitative estimate of drug-likeness (QED) is 0.925. The lowest BCUT2D eigenvalue weighted by molar-refractivity contribution is -0.151. The third-order valence-electron chi connectivity index (χ3n) is 4.66. The first kappa shape index (κ1) is 14.9. The number of carbonyl (C=O) groups is 2. The van der Waals surface area contributed by atoms with Gasteiger partial charge in [-0.15, -0.1) is 0 Å². The number of piperidine rings is 1. The Bertz CT molecular complexity index is 567. The molecule has 1 amide bonds. The van der Waals surface area contributed by atoms with Gasteiger partial charge in [-0.1, -0.05) is 25.1 Å². The van der Waals surface area contributed by atoms with Crippen LogP contribution in [-0.2, 0) is 9.59 Å². The van der Waals surface area contributed by atoms with Gasteiger partial charge in [-0.3, -0.25) is 9.59 Å². The Labute approximate surface area is 129 Å². The Morgan fingerprint density at radius 1 is 1.27 bits per heavy atom. The summed E-state index contributed by atoms with van der Waals surface area (Å²) in [6.45, 7) is 2.89. The van der Waals surface area contributed by atoms with Gasteiger partial charge in [-0.2, -0.15) is 0 Å². The van der Waals surface area contributed by atoms with Gasteiger partial charge >= 0.3 is 5.97 Å². The molecule has 1 aromatic carbocycles. The van der Waals surface area contributed by atoms with Crippen molar-refractivity contribution in [2.24, 2.45) is 11.8 Å². The van der Waals surface area contributed by atoms with Crippen molar-refractivity contribution in [1.29, 1.82) is 0 Å². The van der Waals surface area contributed by atoms with Gasteiger partial charge in [0.05, 0.1) is 5.92 Å². The van der Waals surface area contributed by atoms with Crippen molar-refractivity contribution in [3.8, 4) is 5.75 Å². The molecule has 0 radical (unpaired) electrons. The van der Waals surface area contributed by atoms with Crippen LogP contribution < -0.4 is 4.74 Å². The molecule has 2 aliphatic rings. The van der Waals surface area contributed by atoms with Gasteiger partial charge < -0.3 is 14.7 Å². The third kappa shape index (κ3) is 2.80. The van der Waals surface area contributed by atoms with Crippen molar-refractivity contribution in [3.63, 3.8) is 0 Å². The monoisotopic (exact) mass is 303 g/mol. The maximum atomic E-state index is 12.8. The zero-order valence-electron chi connectivity index (χ0n) is 12.7. The SMILES string of the molecule is CC1CN(C(=O)C2(Oc3ccccc3)CC2)CCC1C(=O)O. The smallest absolute Gasteiger partial charge is 0.306 e. The predicted molar refractivity (Wildman–Crippen MR) is 80.5 cm³/mol. The molecule has 1 aromatic rings. The normalized spacial score (nSPS) is 26.3. The largest absolute Gasteiger partial charge is 0.481 e. The summed E-state index contributed by atoms with van der Waals surface area (Å²) >= 11 is 0. The zero-order valence-corrected chi connectivity index (χ0v) is 12.7. The Morgan fingerprint density at radius 3 is 2.50 bits per heavy atom. The molecule has 1 saturated carbocycles. The summed E-state index contributed by atoms with van der Waals surface area (Å²) in [5.41, 5.74) is -0.725. The number of hydrogen-bond donors (Lipinski definition) is 1. The molecule has 1 aliphatic carbocycles. The first-order valence-corrected chi connectivity index (χ1v) is 7.78. The molecule has 2 atom stereocenters. The molecule has 2 unspecified atom stereocenters. The van der Waals surface area contributed by atoms with E-state index in [2.05, 4.69) is 0 Å². The van der Waals surface area contributed by atoms with Gasteiger partial charge in [0.2, 0.25) is 0 Å². The predicted octanol–water partition coefficient (Wildman–Crippen LogP) is 2.17. The summed E-state index contributed by atoms with van der Waals surface area (Å²) in [6.07, 6.45) is 1.98. The Kier molecular flexibility index (Phi) is 3.81. The van der Waals surface area contributed by atoms with Crippen molar-refractivity contribution in [2.75, 3.05) is 13.1 Å². The third-order valence-corrected chi connectivity index (χ3v) is 4.66. The van der Waals surface area contributed by atoms with E-state index in [1.54, 1.807) is 4.90 Å². The van der Waals surface area contributed by atoms with Crippen LogP contribution in [0.3, 0.4) is 0 Å². The number of nitrogens with zero attached hydrogens (tertiary/aromatic N) is 1. The molecule has 1 heterocycles. The Balaban J connectivity index is 1.66. The van der Waals surface area contributed by atoms with Crippen LogP contribution in [0.1, 0.15) is 26.2 Å². The molecular formula is C17H21NO4. The fraction of sp³-hybridized carbons (Fsp3) is 0.529. The maximum Gasteiger partial charge on any atom is 0.306 e. The summed E-state index contributed by atoms with van der Waals surface area (Å²) in [5.74, 6) is -0.424. The van der Waals surface area contributed by atoms with Gasteiger partial charge in [0, 0.05) is 25.9 Å². The Hall–Kier alpha value is -2.04. The fourth-order valence-corrected chi connectivity index (χ4v) is 3.17. The van der Waals surface area contributed by atoms with Gasteiger partial charge in [-0.05, 0) is 24.5 Å². The molecule has 0 spiro atoms. The molecule has 0 bridgehead atoms. The van der Waals surface area contributed by atoms with Crippen LogP contribution >= 0.6 is 0 Å². The molecule has 5 nitrogen and oxygen atoms in total. The number of carboxylic acid groups (broad SMARTS) is 1. The molecule has 3 rings (SSSR count). The highest BCUT2D eigenvalue weighted by Gasteiger charge is 2.55. The lowest BCUT2D eigenvalue weighted by Gasteiger charge is -2.36. The minimum absolute atomic E-state index is 0.00652. The van der Waals surface area contributed by atoms with Crippen molar-refractivity contribution < 1.29 is 19.4 Å². The van der Waals surface area contributed by atoms with Gasteiger partial charge in [0.15, 0.2) is 5.60 Å². The van der Waals surface area contributed by atoms with Crippen LogP contribution in [-0.4, -0.2) is 40.6 Å². The number of amides is 1. The minimum Gasteiger partial charge on any atom is -0.481 e. The minimum atomic E-state index is -0.763. The number of benzene rings is 1. The first-order valence-electron chi connectivity index (χ1n) is 7.78. The second kappa shape index (κ2) is 5.63. The van der Waals surface area contributed by atoms with Crippen LogP contribution in [0.25, 0.3) is 0 Å². The molecule has 118 valence electrons. The fourth-order valence-electron chi connectivity index (χ4n) is 3.17. The van der Waals surface area contributed by atoms with E-state index in [0.717, 1.165) is 12.8 Å². The first-order chi connectivity index (χ1) is 10.5. The number of likely N-dealkylation sites (tertiary alicyclic amines) is 1. The summed E-state index contributed by atoms with van der Waals surface area (Å²) in [7, 11) is 0. The van der Waals surface area contributed by atoms with Crippen LogP contribution in [0.2, 0.25) is 0 Å². The van der Waals surface area contributed by atoms with Crippen LogP contribution in [0, 0.1) is 11.8 Å². The number of carboxylic acids is 1. The highest BCUT2D eigenvalue weighted by Crippen LogP contribution is 2.42. The second-order valence-corrected chi connectivity index (χ2v) is 6.37. The highest BCUT2D eigenvalue weighted by atomic mass is 16.5. The van der Waals surface area contributed by atoms with E-state index >= 15 is 0 Å². The van der Waals surface area contributed by atoms with Crippen LogP contribution in [0.15, 0.2) is 30.3 Å². The van der Waals surface area contributed by atoms with E-state index in [1.165, 1.54) is 0 Å². The van der Waals surface area contributed by atoms with Crippen molar-refractivity contribution in [1.82, 2.24) is 4.90 Å². The average Bonchev–Trinajstić information content (AvgIpc) is 3.27. The molecule has 1 saturated heterocycles. The molecule has 22 heavy (non-hydrogen) atoms. The highest BCUT2D eigenvalue weighted by molar-refractivity contribution is 5.89. The summed E-state index contributed by atoms with van der Waals surface area (Å²) in [5, 5.41) is 9.17.